The van der Waals surface area contributed by atoms with Crippen LogP contribution in [-0.4, -0.2) is 43.1 Å². The van der Waals surface area contributed by atoms with Gasteiger partial charge in [0.1, 0.15) is 17.5 Å². The van der Waals surface area contributed by atoms with Crippen LogP contribution in [0, 0.1) is 0 Å². The summed E-state index contributed by atoms with van der Waals surface area (Å²) in [6.45, 7) is 8.46. The van der Waals surface area contributed by atoms with Crippen molar-refractivity contribution in [1.82, 2.24) is 4.90 Å². The lowest BCUT2D eigenvalue weighted by Crippen LogP contribution is -2.45. The number of ether oxygens (including phenoxy) is 1. The zero-order valence-corrected chi connectivity index (χ0v) is 12.4. The maximum Gasteiger partial charge on any atom is 0.242 e. The van der Waals surface area contributed by atoms with Gasteiger partial charge in [0.15, 0.2) is 0 Å². The molecule has 1 heterocycles. The smallest absolute Gasteiger partial charge is 0.242 e. The molecule has 20 heavy (non-hydrogen) atoms. The van der Waals surface area contributed by atoms with Crippen molar-refractivity contribution in [1.29, 1.82) is 0 Å². The summed E-state index contributed by atoms with van der Waals surface area (Å²) in [5.74, 6) is 0.884. The van der Waals surface area contributed by atoms with E-state index >= 15 is 0 Å². The predicted molar refractivity (Wildman–Crippen MR) is 81.1 cm³/mol. The summed E-state index contributed by atoms with van der Waals surface area (Å²) in [6.07, 6.45) is 0.0498. The molecule has 0 spiro atoms. The molecule has 0 saturated heterocycles. The molecule has 0 radical (unpaired) electrons. The summed E-state index contributed by atoms with van der Waals surface area (Å²) >= 11 is 0. The molecule has 1 aliphatic heterocycles. The Morgan fingerprint density at radius 1 is 1.45 bits per heavy atom. The zero-order valence-electron chi connectivity index (χ0n) is 12.4. The van der Waals surface area contributed by atoms with E-state index in [2.05, 4.69) is 0 Å². The molecule has 0 saturated carbocycles. The molecular weight excluding hydrogens is 254 g/mol. The van der Waals surface area contributed by atoms with Gasteiger partial charge in [0.25, 0.3) is 0 Å². The highest BCUT2D eigenvalue weighted by Gasteiger charge is 2.27. The van der Waals surface area contributed by atoms with E-state index < -0.39 is 0 Å². The summed E-state index contributed by atoms with van der Waals surface area (Å²) < 4.78 is 5.79. The number of benzene rings is 1. The van der Waals surface area contributed by atoms with Gasteiger partial charge in [0, 0.05) is 13.1 Å². The number of fused-ring (bicyclic) bond motifs is 1. The minimum Gasteiger partial charge on any atom is -0.487 e. The molecule has 110 valence electrons. The average Bonchev–Trinajstić information content (AvgIpc) is 2.39. The zero-order chi connectivity index (χ0) is 14.7. The van der Waals surface area contributed by atoms with E-state index in [1.807, 2.05) is 48.8 Å². The molecule has 1 amide bonds. The fourth-order valence-corrected chi connectivity index (χ4v) is 2.61. The predicted octanol–water partition coefficient (Wildman–Crippen LogP) is 1.72. The van der Waals surface area contributed by atoms with Gasteiger partial charge in [-0.25, -0.2) is 0 Å². The first-order chi connectivity index (χ1) is 9.56. The van der Waals surface area contributed by atoms with Crippen LogP contribution in [0.25, 0.3) is 0 Å². The SMILES string of the molecule is CCN(CC)C(=O)CN1CC(C)Oc2cccc(N)c21. The number of carbonyl (C=O) groups is 1. The Hall–Kier alpha value is -1.91. The van der Waals surface area contributed by atoms with E-state index in [0.29, 0.717) is 18.8 Å². The molecule has 1 unspecified atom stereocenters. The van der Waals surface area contributed by atoms with E-state index in [0.717, 1.165) is 24.5 Å². The van der Waals surface area contributed by atoms with Crippen LogP contribution < -0.4 is 15.4 Å². The van der Waals surface area contributed by atoms with Gasteiger partial charge in [-0.3, -0.25) is 4.79 Å². The lowest BCUT2D eigenvalue weighted by atomic mass is 10.1. The van der Waals surface area contributed by atoms with Crippen LogP contribution in [-0.2, 0) is 4.79 Å². The number of nitrogens with two attached hydrogens (primary N) is 1. The third-order valence-electron chi connectivity index (χ3n) is 3.59. The van der Waals surface area contributed by atoms with Gasteiger partial charge in [-0.2, -0.15) is 0 Å². The van der Waals surface area contributed by atoms with Crippen molar-refractivity contribution < 1.29 is 9.53 Å². The maximum atomic E-state index is 12.3. The van der Waals surface area contributed by atoms with Crippen LogP contribution in [0.1, 0.15) is 20.8 Å². The van der Waals surface area contributed by atoms with E-state index in [9.17, 15) is 4.79 Å². The minimum atomic E-state index is 0.0498. The van der Waals surface area contributed by atoms with Crippen molar-refractivity contribution in [2.24, 2.45) is 0 Å². The molecule has 0 aliphatic carbocycles. The summed E-state index contributed by atoms with van der Waals surface area (Å²) in [6, 6.07) is 5.61. The van der Waals surface area contributed by atoms with E-state index in [4.69, 9.17) is 10.5 Å². The second-order valence-corrected chi connectivity index (χ2v) is 5.07. The third-order valence-corrected chi connectivity index (χ3v) is 3.59. The number of hydrogen-bond donors (Lipinski definition) is 1. The molecule has 5 heteroatoms. The molecule has 1 aromatic rings. The largest absolute Gasteiger partial charge is 0.487 e. The molecule has 5 nitrogen and oxygen atoms in total. The van der Waals surface area contributed by atoms with Crippen molar-refractivity contribution in [2.75, 3.05) is 36.8 Å². The van der Waals surface area contributed by atoms with E-state index in [1.165, 1.54) is 0 Å². The Morgan fingerprint density at radius 2 is 2.15 bits per heavy atom. The number of nitrogen functional groups attached to an aromatic ring is 1. The van der Waals surface area contributed by atoms with Gasteiger partial charge in [0.2, 0.25) is 5.91 Å². The van der Waals surface area contributed by atoms with Crippen molar-refractivity contribution in [2.45, 2.75) is 26.9 Å². The van der Waals surface area contributed by atoms with Gasteiger partial charge in [-0.1, -0.05) is 6.07 Å². The number of likely N-dealkylation sites (N-methyl/N-ethyl adjacent to an activating group) is 1. The quantitative estimate of drug-likeness (QED) is 0.851. The number of amides is 1. The van der Waals surface area contributed by atoms with Gasteiger partial charge < -0.3 is 20.3 Å². The van der Waals surface area contributed by atoms with Crippen LogP contribution in [0.2, 0.25) is 0 Å². The minimum absolute atomic E-state index is 0.0498. The highest BCUT2D eigenvalue weighted by Crippen LogP contribution is 2.38. The Bertz CT molecular complexity index is 486. The van der Waals surface area contributed by atoms with Crippen LogP contribution in [0.4, 0.5) is 11.4 Å². The van der Waals surface area contributed by atoms with Gasteiger partial charge in [-0.05, 0) is 32.9 Å². The Labute approximate surface area is 120 Å². The van der Waals surface area contributed by atoms with Crippen LogP contribution in [0.5, 0.6) is 5.75 Å². The first-order valence-electron chi connectivity index (χ1n) is 7.14. The second kappa shape index (κ2) is 6.03. The lowest BCUT2D eigenvalue weighted by molar-refractivity contribution is -0.129. The number of anilines is 2. The number of nitrogens with zero attached hydrogens (tertiary/aromatic N) is 2. The Balaban J connectivity index is 2.23. The molecular formula is C15H23N3O2. The fraction of sp³-hybridized carbons (Fsp3) is 0.533. The summed E-state index contributed by atoms with van der Waals surface area (Å²) in [5, 5.41) is 0. The molecule has 0 bridgehead atoms. The van der Waals surface area contributed by atoms with Crippen LogP contribution in [0.3, 0.4) is 0 Å². The topological polar surface area (TPSA) is 58.8 Å². The Kier molecular flexibility index (Phi) is 4.37. The van der Waals surface area contributed by atoms with Gasteiger partial charge in [-0.15, -0.1) is 0 Å². The normalized spacial score (nSPS) is 17.4. The third kappa shape index (κ3) is 2.81. The van der Waals surface area contributed by atoms with Crippen molar-refractivity contribution in [3.63, 3.8) is 0 Å². The van der Waals surface area contributed by atoms with Gasteiger partial charge >= 0.3 is 0 Å². The second-order valence-electron chi connectivity index (χ2n) is 5.07. The molecule has 2 N–H and O–H groups in total. The molecule has 2 rings (SSSR count). The van der Waals surface area contributed by atoms with E-state index in [-0.39, 0.29) is 12.0 Å². The monoisotopic (exact) mass is 277 g/mol. The molecule has 0 aromatic heterocycles. The van der Waals surface area contributed by atoms with Crippen LogP contribution in [0.15, 0.2) is 18.2 Å². The van der Waals surface area contributed by atoms with Gasteiger partial charge in [0.05, 0.1) is 18.8 Å². The number of carbonyl (C=O) groups excluding carboxylic acids is 1. The molecule has 1 atom stereocenters. The highest BCUT2D eigenvalue weighted by atomic mass is 16.5. The number of rotatable bonds is 4. The number of para-hydroxylation sites is 1. The Morgan fingerprint density at radius 3 is 2.80 bits per heavy atom. The lowest BCUT2D eigenvalue weighted by Gasteiger charge is -2.36. The number of hydrogen-bond acceptors (Lipinski definition) is 4. The maximum absolute atomic E-state index is 12.3. The average molecular weight is 277 g/mol. The summed E-state index contributed by atoms with van der Waals surface area (Å²) in [4.78, 5) is 16.2. The van der Waals surface area contributed by atoms with Crippen molar-refractivity contribution in [3.05, 3.63) is 18.2 Å². The summed E-state index contributed by atoms with van der Waals surface area (Å²) in [5.41, 5.74) is 7.54. The molecule has 1 aromatic carbocycles. The molecule has 1 aliphatic rings. The molecule has 0 fully saturated rings. The standard InChI is InChI=1S/C15H23N3O2/c1-4-17(5-2)14(19)10-18-9-11(3)20-13-8-6-7-12(16)15(13)18/h6-8,11H,4-5,9-10,16H2,1-3H3. The van der Waals surface area contributed by atoms with E-state index in [1.54, 1.807) is 0 Å². The first kappa shape index (κ1) is 14.5. The van der Waals surface area contributed by atoms with Crippen molar-refractivity contribution >= 4 is 17.3 Å². The first-order valence-corrected chi connectivity index (χ1v) is 7.14. The van der Waals surface area contributed by atoms with Crippen LogP contribution >= 0.6 is 0 Å². The fourth-order valence-electron chi connectivity index (χ4n) is 2.61. The van der Waals surface area contributed by atoms with Crippen molar-refractivity contribution in [3.8, 4) is 5.75 Å². The summed E-state index contributed by atoms with van der Waals surface area (Å²) in [7, 11) is 0. The highest BCUT2D eigenvalue weighted by molar-refractivity contribution is 5.85.